The van der Waals surface area contributed by atoms with Crippen molar-refractivity contribution in [2.75, 3.05) is 20.6 Å². The molecule has 2 atom stereocenters. The van der Waals surface area contributed by atoms with Gasteiger partial charge in [-0.2, -0.15) is 0 Å². The molecule has 1 rings (SSSR count). The molecule has 4 nitrogen and oxygen atoms in total. The van der Waals surface area contributed by atoms with E-state index in [2.05, 4.69) is 24.1 Å². The number of likely N-dealkylation sites (N-methyl/N-ethyl adjacent to an activating group) is 1. The van der Waals surface area contributed by atoms with Crippen molar-refractivity contribution in [2.45, 2.75) is 31.8 Å². The number of amides is 1. The third-order valence-electron chi connectivity index (χ3n) is 3.08. The van der Waals surface area contributed by atoms with Gasteiger partial charge in [-0.3, -0.25) is 4.79 Å². The van der Waals surface area contributed by atoms with Gasteiger partial charge in [0.15, 0.2) is 0 Å². The molecule has 1 saturated carbocycles. The zero-order valence-electron chi connectivity index (χ0n) is 9.50. The molecule has 1 aliphatic carbocycles. The Balaban J connectivity index is 2.29. The molecule has 0 saturated heterocycles. The molecule has 1 amide bonds. The van der Waals surface area contributed by atoms with Crippen LogP contribution in [0.4, 0.5) is 0 Å². The van der Waals surface area contributed by atoms with E-state index >= 15 is 0 Å². The highest BCUT2D eigenvalue weighted by Gasteiger charge is 2.40. The van der Waals surface area contributed by atoms with Crippen molar-refractivity contribution in [3.63, 3.8) is 0 Å². The SMILES string of the molecule is CN(C)C(C)(C)CNC(=O)C1CC1N. The lowest BCUT2D eigenvalue weighted by Gasteiger charge is -2.32. The molecule has 2 unspecified atom stereocenters. The number of carbonyl (C=O) groups is 1. The molecule has 1 fully saturated rings. The van der Waals surface area contributed by atoms with Crippen molar-refractivity contribution in [3.05, 3.63) is 0 Å². The zero-order valence-corrected chi connectivity index (χ0v) is 9.50. The van der Waals surface area contributed by atoms with Crippen molar-refractivity contribution < 1.29 is 4.79 Å². The molecular formula is C10H21N3O. The minimum Gasteiger partial charge on any atom is -0.354 e. The van der Waals surface area contributed by atoms with Gasteiger partial charge < -0.3 is 16.0 Å². The van der Waals surface area contributed by atoms with Gasteiger partial charge in [0.05, 0.1) is 5.92 Å². The van der Waals surface area contributed by atoms with Crippen molar-refractivity contribution in [1.82, 2.24) is 10.2 Å². The first-order chi connectivity index (χ1) is 6.34. The third kappa shape index (κ3) is 2.69. The van der Waals surface area contributed by atoms with Crippen LogP contribution in [0.15, 0.2) is 0 Å². The molecule has 0 aromatic heterocycles. The Morgan fingerprint density at radius 1 is 1.57 bits per heavy atom. The molecule has 0 radical (unpaired) electrons. The Hall–Kier alpha value is -0.610. The monoisotopic (exact) mass is 199 g/mol. The van der Waals surface area contributed by atoms with Crippen molar-refractivity contribution >= 4 is 5.91 Å². The maximum absolute atomic E-state index is 11.5. The van der Waals surface area contributed by atoms with Gasteiger partial charge in [0.1, 0.15) is 0 Å². The fourth-order valence-electron chi connectivity index (χ4n) is 1.11. The normalized spacial score (nSPS) is 26.4. The van der Waals surface area contributed by atoms with E-state index in [-0.39, 0.29) is 23.4 Å². The van der Waals surface area contributed by atoms with Gasteiger partial charge >= 0.3 is 0 Å². The van der Waals surface area contributed by atoms with E-state index in [9.17, 15) is 4.79 Å². The van der Waals surface area contributed by atoms with Crippen molar-refractivity contribution in [3.8, 4) is 0 Å². The van der Waals surface area contributed by atoms with Crippen LogP contribution in [0.5, 0.6) is 0 Å². The molecule has 1 aliphatic rings. The van der Waals surface area contributed by atoms with E-state index in [0.717, 1.165) is 6.42 Å². The number of hydrogen-bond acceptors (Lipinski definition) is 3. The smallest absolute Gasteiger partial charge is 0.224 e. The van der Waals surface area contributed by atoms with Crippen LogP contribution < -0.4 is 11.1 Å². The number of hydrogen-bond donors (Lipinski definition) is 2. The molecule has 0 spiro atoms. The number of nitrogens with zero attached hydrogens (tertiary/aromatic N) is 1. The van der Waals surface area contributed by atoms with Crippen LogP contribution in [0, 0.1) is 5.92 Å². The molecular weight excluding hydrogens is 178 g/mol. The molecule has 4 heteroatoms. The summed E-state index contributed by atoms with van der Waals surface area (Å²) in [5, 5.41) is 2.94. The lowest BCUT2D eigenvalue weighted by Crippen LogP contribution is -2.48. The van der Waals surface area contributed by atoms with Gasteiger partial charge in [-0.05, 0) is 34.4 Å². The predicted molar refractivity (Wildman–Crippen MR) is 56.9 cm³/mol. The first kappa shape index (κ1) is 11.5. The first-order valence-electron chi connectivity index (χ1n) is 5.05. The summed E-state index contributed by atoms with van der Waals surface area (Å²) in [6.07, 6.45) is 0.841. The summed E-state index contributed by atoms with van der Waals surface area (Å²) in [6, 6.07) is 0.0949. The number of rotatable bonds is 4. The molecule has 0 heterocycles. The summed E-state index contributed by atoms with van der Waals surface area (Å²) < 4.78 is 0. The molecule has 0 aliphatic heterocycles. The largest absolute Gasteiger partial charge is 0.354 e. The molecule has 82 valence electrons. The second-order valence-corrected chi connectivity index (χ2v) is 4.93. The number of nitrogens with two attached hydrogens (primary N) is 1. The number of carbonyl (C=O) groups excluding carboxylic acids is 1. The van der Waals surface area contributed by atoms with E-state index in [4.69, 9.17) is 5.73 Å². The van der Waals surface area contributed by atoms with E-state index < -0.39 is 0 Å². The lowest BCUT2D eigenvalue weighted by atomic mass is 10.0. The van der Waals surface area contributed by atoms with E-state index in [1.165, 1.54) is 0 Å². The zero-order chi connectivity index (χ0) is 10.9. The minimum atomic E-state index is -0.00531. The van der Waals surface area contributed by atoms with Crippen LogP contribution in [0.1, 0.15) is 20.3 Å². The molecule has 3 N–H and O–H groups in total. The van der Waals surface area contributed by atoms with E-state index in [1.807, 2.05) is 14.1 Å². The maximum atomic E-state index is 11.5. The Labute approximate surface area is 85.8 Å². The summed E-state index contributed by atoms with van der Waals surface area (Å²) >= 11 is 0. The van der Waals surface area contributed by atoms with Crippen molar-refractivity contribution in [1.29, 1.82) is 0 Å². The van der Waals surface area contributed by atoms with Gasteiger partial charge in [-0.1, -0.05) is 0 Å². The average molecular weight is 199 g/mol. The maximum Gasteiger partial charge on any atom is 0.224 e. The van der Waals surface area contributed by atoms with Crippen LogP contribution in [-0.2, 0) is 4.79 Å². The third-order valence-corrected chi connectivity index (χ3v) is 3.08. The van der Waals surface area contributed by atoms with E-state index in [1.54, 1.807) is 0 Å². The van der Waals surface area contributed by atoms with Crippen LogP contribution in [0.2, 0.25) is 0 Å². The fourth-order valence-corrected chi connectivity index (χ4v) is 1.11. The molecule has 0 bridgehead atoms. The predicted octanol–water partition coefficient (Wildman–Crippen LogP) is -0.210. The highest BCUT2D eigenvalue weighted by atomic mass is 16.2. The van der Waals surface area contributed by atoms with E-state index in [0.29, 0.717) is 6.54 Å². The quantitative estimate of drug-likeness (QED) is 0.658. The highest BCUT2D eigenvalue weighted by Crippen LogP contribution is 2.27. The van der Waals surface area contributed by atoms with Crippen LogP contribution in [-0.4, -0.2) is 43.0 Å². The summed E-state index contributed by atoms with van der Waals surface area (Å²) in [4.78, 5) is 13.6. The standard InChI is InChI=1S/C10H21N3O/c1-10(2,13(3)4)6-12-9(14)7-5-8(7)11/h7-8H,5-6,11H2,1-4H3,(H,12,14). The Kier molecular flexibility index (Phi) is 3.17. The second-order valence-electron chi connectivity index (χ2n) is 4.93. The summed E-state index contributed by atoms with van der Waals surface area (Å²) in [5.41, 5.74) is 5.59. The van der Waals surface area contributed by atoms with Gasteiger partial charge in [-0.25, -0.2) is 0 Å². The second kappa shape index (κ2) is 3.87. The Morgan fingerprint density at radius 2 is 2.07 bits per heavy atom. The van der Waals surface area contributed by atoms with Gasteiger partial charge in [0.25, 0.3) is 0 Å². The van der Waals surface area contributed by atoms with Gasteiger partial charge in [0.2, 0.25) is 5.91 Å². The van der Waals surface area contributed by atoms with Crippen LogP contribution >= 0.6 is 0 Å². The Morgan fingerprint density at radius 3 is 2.43 bits per heavy atom. The molecule has 0 aromatic rings. The van der Waals surface area contributed by atoms with Crippen LogP contribution in [0.25, 0.3) is 0 Å². The van der Waals surface area contributed by atoms with Gasteiger partial charge in [0, 0.05) is 18.1 Å². The average Bonchev–Trinajstić information content (AvgIpc) is 2.78. The number of nitrogens with one attached hydrogen (secondary N) is 1. The highest BCUT2D eigenvalue weighted by molar-refractivity contribution is 5.82. The molecule has 14 heavy (non-hydrogen) atoms. The topological polar surface area (TPSA) is 58.4 Å². The summed E-state index contributed by atoms with van der Waals surface area (Å²) in [6.45, 7) is 4.86. The fraction of sp³-hybridized carbons (Fsp3) is 0.900. The van der Waals surface area contributed by atoms with Gasteiger partial charge in [-0.15, -0.1) is 0 Å². The van der Waals surface area contributed by atoms with Crippen molar-refractivity contribution in [2.24, 2.45) is 11.7 Å². The minimum absolute atomic E-state index is 0.00531. The van der Waals surface area contributed by atoms with Crippen LogP contribution in [0.3, 0.4) is 0 Å². The Bertz CT molecular complexity index is 225. The first-order valence-corrected chi connectivity index (χ1v) is 5.05. The summed E-state index contributed by atoms with van der Waals surface area (Å²) in [5.74, 6) is 0.167. The summed E-state index contributed by atoms with van der Waals surface area (Å²) in [7, 11) is 4.02. The molecule has 0 aromatic carbocycles. The lowest BCUT2D eigenvalue weighted by molar-refractivity contribution is -0.122.